The zero-order chi connectivity index (χ0) is 14.5. The van der Waals surface area contributed by atoms with Gasteiger partial charge in [0.05, 0.1) is 11.1 Å². The van der Waals surface area contributed by atoms with Crippen molar-refractivity contribution < 1.29 is 4.92 Å². The van der Waals surface area contributed by atoms with Gasteiger partial charge in [0.2, 0.25) is 0 Å². The second kappa shape index (κ2) is 6.29. The van der Waals surface area contributed by atoms with Gasteiger partial charge in [-0.05, 0) is 31.0 Å². The van der Waals surface area contributed by atoms with Gasteiger partial charge in [-0.15, -0.1) is 0 Å². The lowest BCUT2D eigenvalue weighted by Crippen LogP contribution is -2.17. The summed E-state index contributed by atoms with van der Waals surface area (Å²) in [6.45, 7) is 3.23. The summed E-state index contributed by atoms with van der Waals surface area (Å²) in [7, 11) is 1.89. The molecule has 0 amide bonds. The molecule has 0 aliphatic heterocycles. The summed E-state index contributed by atoms with van der Waals surface area (Å²) >= 11 is 0. The van der Waals surface area contributed by atoms with Crippen LogP contribution in [0.15, 0.2) is 30.6 Å². The molecule has 1 aromatic carbocycles. The van der Waals surface area contributed by atoms with Crippen LogP contribution in [0.3, 0.4) is 0 Å². The van der Waals surface area contributed by atoms with E-state index in [-0.39, 0.29) is 10.6 Å². The van der Waals surface area contributed by atoms with Crippen LogP contribution < -0.4 is 5.32 Å². The minimum absolute atomic E-state index is 0.177. The maximum Gasteiger partial charge on any atom is 0.272 e. The fourth-order valence-electron chi connectivity index (χ4n) is 2.12. The SMILES string of the molecule is Cc1c(CNCCc2cnn(C)c2)cccc1[N+](=O)[O-]. The van der Waals surface area contributed by atoms with Crippen LogP contribution in [-0.2, 0) is 20.0 Å². The first-order valence-corrected chi connectivity index (χ1v) is 6.49. The van der Waals surface area contributed by atoms with Crippen LogP contribution in [-0.4, -0.2) is 21.2 Å². The standard InChI is InChI=1S/C14H18N4O2/c1-11-13(4-3-5-14(11)18(19)20)9-15-7-6-12-8-16-17(2)10-12/h3-5,8,10,15H,6-7,9H2,1-2H3. The number of hydrogen-bond acceptors (Lipinski definition) is 4. The fraction of sp³-hybridized carbons (Fsp3) is 0.357. The average molecular weight is 274 g/mol. The van der Waals surface area contributed by atoms with Gasteiger partial charge in [0, 0.05) is 31.4 Å². The molecular weight excluding hydrogens is 256 g/mol. The third kappa shape index (κ3) is 3.42. The molecule has 1 N–H and O–H groups in total. The molecule has 0 spiro atoms. The maximum atomic E-state index is 10.9. The van der Waals surface area contributed by atoms with Crippen molar-refractivity contribution in [1.29, 1.82) is 0 Å². The van der Waals surface area contributed by atoms with E-state index >= 15 is 0 Å². The Kier molecular flexibility index (Phi) is 4.47. The van der Waals surface area contributed by atoms with E-state index in [1.807, 2.05) is 25.5 Å². The quantitative estimate of drug-likeness (QED) is 0.496. The lowest BCUT2D eigenvalue weighted by molar-refractivity contribution is -0.385. The Bertz CT molecular complexity index is 607. The summed E-state index contributed by atoms with van der Waals surface area (Å²) in [6, 6.07) is 5.18. The van der Waals surface area contributed by atoms with E-state index in [0.717, 1.165) is 24.1 Å². The molecule has 0 bridgehead atoms. The fourth-order valence-corrected chi connectivity index (χ4v) is 2.12. The first-order chi connectivity index (χ1) is 9.58. The zero-order valence-electron chi connectivity index (χ0n) is 11.7. The Morgan fingerprint density at radius 1 is 1.45 bits per heavy atom. The topological polar surface area (TPSA) is 73.0 Å². The molecule has 1 aromatic heterocycles. The Morgan fingerprint density at radius 2 is 2.25 bits per heavy atom. The van der Waals surface area contributed by atoms with Gasteiger partial charge in [-0.25, -0.2) is 0 Å². The monoisotopic (exact) mass is 274 g/mol. The van der Waals surface area contributed by atoms with Crippen LogP contribution >= 0.6 is 0 Å². The van der Waals surface area contributed by atoms with Gasteiger partial charge in [0.15, 0.2) is 0 Å². The van der Waals surface area contributed by atoms with Crippen molar-refractivity contribution in [2.75, 3.05) is 6.54 Å². The van der Waals surface area contributed by atoms with Crippen molar-refractivity contribution in [3.63, 3.8) is 0 Å². The Balaban J connectivity index is 1.88. The third-order valence-corrected chi connectivity index (χ3v) is 3.28. The van der Waals surface area contributed by atoms with Crippen molar-refractivity contribution >= 4 is 5.69 Å². The van der Waals surface area contributed by atoms with Crippen LogP contribution in [0.4, 0.5) is 5.69 Å². The highest BCUT2D eigenvalue weighted by Crippen LogP contribution is 2.20. The number of nitrogens with zero attached hydrogens (tertiary/aromatic N) is 3. The van der Waals surface area contributed by atoms with Crippen LogP contribution in [0.5, 0.6) is 0 Å². The van der Waals surface area contributed by atoms with Gasteiger partial charge < -0.3 is 5.32 Å². The van der Waals surface area contributed by atoms with E-state index in [0.29, 0.717) is 6.54 Å². The number of benzene rings is 1. The summed E-state index contributed by atoms with van der Waals surface area (Å²) in [5.74, 6) is 0. The van der Waals surface area contributed by atoms with Crippen LogP contribution in [0.1, 0.15) is 16.7 Å². The predicted molar refractivity (Wildman–Crippen MR) is 76.5 cm³/mol. The molecular formula is C14H18N4O2. The van der Waals surface area contributed by atoms with E-state index in [9.17, 15) is 10.1 Å². The lowest BCUT2D eigenvalue weighted by atomic mass is 10.1. The first kappa shape index (κ1) is 14.2. The van der Waals surface area contributed by atoms with Crippen molar-refractivity contribution in [1.82, 2.24) is 15.1 Å². The third-order valence-electron chi connectivity index (χ3n) is 3.28. The van der Waals surface area contributed by atoms with E-state index in [1.54, 1.807) is 17.7 Å². The summed E-state index contributed by atoms with van der Waals surface area (Å²) in [6.07, 6.45) is 4.72. The summed E-state index contributed by atoms with van der Waals surface area (Å²) in [5, 5.41) is 18.3. The van der Waals surface area contributed by atoms with Crippen LogP contribution in [0, 0.1) is 17.0 Å². The molecule has 0 aliphatic rings. The molecule has 2 rings (SSSR count). The molecule has 20 heavy (non-hydrogen) atoms. The predicted octanol–water partition coefficient (Wildman–Crippen LogP) is 1.97. The summed E-state index contributed by atoms with van der Waals surface area (Å²) < 4.78 is 1.78. The molecule has 1 heterocycles. The van der Waals surface area contributed by atoms with Gasteiger partial charge >= 0.3 is 0 Å². The van der Waals surface area contributed by atoms with Gasteiger partial charge in [-0.3, -0.25) is 14.8 Å². The summed E-state index contributed by atoms with van der Waals surface area (Å²) in [4.78, 5) is 10.5. The number of hydrogen-bond donors (Lipinski definition) is 1. The van der Waals surface area contributed by atoms with Gasteiger partial charge in [0.1, 0.15) is 0 Å². The van der Waals surface area contributed by atoms with E-state index in [4.69, 9.17) is 0 Å². The molecule has 6 heteroatoms. The summed E-state index contributed by atoms with van der Waals surface area (Å²) in [5.41, 5.74) is 3.05. The Morgan fingerprint density at radius 3 is 2.90 bits per heavy atom. The molecule has 0 atom stereocenters. The second-order valence-electron chi connectivity index (χ2n) is 4.77. The lowest BCUT2D eigenvalue weighted by Gasteiger charge is -2.07. The molecule has 6 nitrogen and oxygen atoms in total. The van der Waals surface area contributed by atoms with E-state index in [2.05, 4.69) is 10.4 Å². The van der Waals surface area contributed by atoms with Crippen LogP contribution in [0.2, 0.25) is 0 Å². The first-order valence-electron chi connectivity index (χ1n) is 6.49. The minimum atomic E-state index is -0.339. The van der Waals surface area contributed by atoms with Gasteiger partial charge in [0.25, 0.3) is 5.69 Å². The molecule has 0 saturated carbocycles. The number of nitro groups is 1. The highest BCUT2D eigenvalue weighted by Gasteiger charge is 2.12. The molecule has 0 aliphatic carbocycles. The number of aromatic nitrogens is 2. The zero-order valence-corrected chi connectivity index (χ0v) is 11.7. The minimum Gasteiger partial charge on any atom is -0.312 e. The van der Waals surface area contributed by atoms with E-state index in [1.165, 1.54) is 11.6 Å². The second-order valence-corrected chi connectivity index (χ2v) is 4.77. The van der Waals surface area contributed by atoms with Crippen molar-refractivity contribution in [3.05, 3.63) is 57.4 Å². The Hall–Kier alpha value is -2.21. The number of aryl methyl sites for hydroxylation is 1. The van der Waals surface area contributed by atoms with Crippen molar-refractivity contribution in [2.45, 2.75) is 19.9 Å². The molecule has 0 fully saturated rings. The smallest absolute Gasteiger partial charge is 0.272 e. The molecule has 2 aromatic rings. The van der Waals surface area contributed by atoms with Gasteiger partial charge in [-0.1, -0.05) is 12.1 Å². The number of nitrogens with one attached hydrogen (secondary N) is 1. The van der Waals surface area contributed by atoms with Crippen molar-refractivity contribution in [3.8, 4) is 0 Å². The highest BCUT2D eigenvalue weighted by molar-refractivity contribution is 5.44. The molecule has 106 valence electrons. The largest absolute Gasteiger partial charge is 0.312 e. The maximum absolute atomic E-state index is 10.9. The van der Waals surface area contributed by atoms with Crippen molar-refractivity contribution in [2.24, 2.45) is 7.05 Å². The molecule has 0 unspecified atom stereocenters. The molecule has 0 radical (unpaired) electrons. The Labute approximate surface area is 117 Å². The normalized spacial score (nSPS) is 10.7. The average Bonchev–Trinajstić information content (AvgIpc) is 2.82. The molecule has 0 saturated heterocycles. The highest BCUT2D eigenvalue weighted by atomic mass is 16.6. The number of nitro benzene ring substituents is 1. The number of rotatable bonds is 6. The van der Waals surface area contributed by atoms with Crippen LogP contribution in [0.25, 0.3) is 0 Å². The van der Waals surface area contributed by atoms with Gasteiger partial charge in [-0.2, -0.15) is 5.10 Å². The van der Waals surface area contributed by atoms with E-state index < -0.39 is 0 Å².